The summed E-state index contributed by atoms with van der Waals surface area (Å²) in [6, 6.07) is 9.75. The monoisotopic (exact) mass is 450 g/mol. The fourth-order valence-corrected chi connectivity index (χ4v) is 4.81. The Morgan fingerprint density at radius 1 is 1.13 bits per heavy atom. The van der Waals surface area contributed by atoms with Gasteiger partial charge in [0.15, 0.2) is 17.2 Å². The van der Waals surface area contributed by atoms with Crippen molar-refractivity contribution in [1.82, 2.24) is 4.90 Å². The zero-order chi connectivity index (χ0) is 21.3. The Labute approximate surface area is 187 Å². The van der Waals surface area contributed by atoms with Crippen molar-refractivity contribution in [1.29, 1.82) is 0 Å². The average Bonchev–Trinajstić information content (AvgIpc) is 2.98. The highest BCUT2D eigenvalue weighted by atomic mass is 35.5. The number of Topliss-reactive ketones (excluding diaryl/α,β-unsaturated/α-hetero) is 1. The van der Waals surface area contributed by atoms with E-state index >= 15 is 4.39 Å². The summed E-state index contributed by atoms with van der Waals surface area (Å²) in [6.07, 6.45) is 3.04. The molecule has 7 heteroatoms. The minimum atomic E-state index is -1.94. The van der Waals surface area contributed by atoms with Crippen molar-refractivity contribution in [3.05, 3.63) is 58.9 Å². The summed E-state index contributed by atoms with van der Waals surface area (Å²) >= 11 is 0. The molecule has 1 aliphatic carbocycles. The summed E-state index contributed by atoms with van der Waals surface area (Å²) in [7, 11) is 3.02. The van der Waals surface area contributed by atoms with Crippen LogP contribution in [-0.2, 0) is 13.0 Å². The number of nitrogens with zero attached hydrogens (tertiary/aromatic N) is 1. The topological polar surface area (TPSA) is 38.8 Å². The number of alkyl halides is 1. The summed E-state index contributed by atoms with van der Waals surface area (Å²) in [5, 5.41) is 0. The molecule has 0 spiro atoms. The highest BCUT2D eigenvalue weighted by Crippen LogP contribution is 2.43. The quantitative estimate of drug-likeness (QED) is 0.672. The molecule has 31 heavy (non-hydrogen) atoms. The van der Waals surface area contributed by atoms with Gasteiger partial charge in [0.25, 0.3) is 0 Å². The normalized spacial score (nSPS) is 23.2. The molecule has 2 aliphatic rings. The number of ketones is 1. The average molecular weight is 451 g/mol. The molecule has 1 saturated heterocycles. The van der Waals surface area contributed by atoms with Gasteiger partial charge in [0, 0.05) is 31.0 Å². The number of carbonyl (C=O) groups is 1. The lowest BCUT2D eigenvalue weighted by Crippen LogP contribution is -3.00. The molecular formula is C24H27ClF2NO3-. The number of benzene rings is 2. The Kier molecular flexibility index (Phi) is 7.22. The lowest BCUT2D eigenvalue weighted by molar-refractivity contribution is -0.0000146. The van der Waals surface area contributed by atoms with Gasteiger partial charge in [0.1, 0.15) is 5.82 Å². The number of hydrogen-bond donors (Lipinski definition) is 0. The first-order valence-electron chi connectivity index (χ1n) is 10.4. The van der Waals surface area contributed by atoms with Crippen LogP contribution < -0.4 is 21.9 Å². The van der Waals surface area contributed by atoms with Gasteiger partial charge in [0.05, 0.1) is 14.2 Å². The van der Waals surface area contributed by atoms with E-state index in [1.54, 1.807) is 18.2 Å². The number of ether oxygens (including phenoxy) is 2. The van der Waals surface area contributed by atoms with Crippen LogP contribution in [0.1, 0.15) is 47.2 Å². The number of rotatable bonds is 6. The summed E-state index contributed by atoms with van der Waals surface area (Å²) in [5.74, 6) is 0.181. The Morgan fingerprint density at radius 3 is 2.58 bits per heavy atom. The molecule has 4 nitrogen and oxygen atoms in total. The van der Waals surface area contributed by atoms with Gasteiger partial charge in [-0.1, -0.05) is 18.6 Å². The third kappa shape index (κ3) is 4.70. The summed E-state index contributed by atoms with van der Waals surface area (Å²) in [6.45, 7) is 1.38. The van der Waals surface area contributed by atoms with Gasteiger partial charge >= 0.3 is 0 Å². The van der Waals surface area contributed by atoms with Crippen molar-refractivity contribution < 1.29 is 35.5 Å². The van der Waals surface area contributed by atoms with E-state index in [0.717, 1.165) is 31.4 Å². The van der Waals surface area contributed by atoms with Crippen molar-refractivity contribution in [3.63, 3.8) is 0 Å². The largest absolute Gasteiger partial charge is 1.00 e. The molecule has 0 bridgehead atoms. The molecule has 0 N–H and O–H groups in total. The van der Waals surface area contributed by atoms with E-state index < -0.39 is 11.5 Å². The number of carbonyl (C=O) groups excluding carboxylic acids is 1. The van der Waals surface area contributed by atoms with E-state index in [2.05, 4.69) is 4.90 Å². The van der Waals surface area contributed by atoms with Crippen LogP contribution in [0.3, 0.4) is 0 Å². The SMILES string of the molecule is COc1cc2c(cc1OC)C(=O)C(F)(CC1CCCCN1Cc1cccc(F)c1)C2.[Cl-]. The molecule has 168 valence electrons. The Balaban J connectivity index is 0.00000272. The van der Waals surface area contributed by atoms with Crippen LogP contribution in [0.25, 0.3) is 0 Å². The van der Waals surface area contributed by atoms with Crippen LogP contribution in [0.2, 0.25) is 0 Å². The van der Waals surface area contributed by atoms with E-state index in [1.165, 1.54) is 26.4 Å². The van der Waals surface area contributed by atoms with Crippen molar-refractivity contribution >= 4 is 5.78 Å². The third-order valence-corrected chi connectivity index (χ3v) is 6.31. The Bertz CT molecular complexity index is 954. The van der Waals surface area contributed by atoms with Crippen LogP contribution in [0.15, 0.2) is 36.4 Å². The second-order valence-corrected chi connectivity index (χ2v) is 8.29. The van der Waals surface area contributed by atoms with Gasteiger partial charge < -0.3 is 21.9 Å². The van der Waals surface area contributed by atoms with Gasteiger partial charge in [0.2, 0.25) is 5.78 Å². The van der Waals surface area contributed by atoms with Crippen LogP contribution in [-0.4, -0.2) is 43.2 Å². The van der Waals surface area contributed by atoms with Crippen LogP contribution in [0, 0.1) is 5.82 Å². The van der Waals surface area contributed by atoms with Crippen molar-refractivity contribution in [2.24, 2.45) is 0 Å². The fourth-order valence-electron chi connectivity index (χ4n) is 4.81. The Hall–Kier alpha value is -2.18. The zero-order valence-electron chi connectivity index (χ0n) is 17.8. The van der Waals surface area contributed by atoms with Gasteiger partial charge in [-0.3, -0.25) is 9.69 Å². The predicted octanol–water partition coefficient (Wildman–Crippen LogP) is 1.74. The first-order valence-corrected chi connectivity index (χ1v) is 10.4. The van der Waals surface area contributed by atoms with E-state index in [1.807, 2.05) is 6.07 Å². The minimum Gasteiger partial charge on any atom is -1.00 e. The van der Waals surface area contributed by atoms with Crippen LogP contribution in [0.4, 0.5) is 8.78 Å². The van der Waals surface area contributed by atoms with E-state index in [9.17, 15) is 9.18 Å². The van der Waals surface area contributed by atoms with Gasteiger partial charge in [-0.2, -0.15) is 0 Å². The number of likely N-dealkylation sites (tertiary alicyclic amines) is 1. The Morgan fingerprint density at radius 2 is 1.87 bits per heavy atom. The first kappa shape index (κ1) is 23.5. The number of fused-ring (bicyclic) bond motifs is 1. The van der Waals surface area contributed by atoms with Crippen molar-refractivity contribution in [3.8, 4) is 11.5 Å². The number of methoxy groups -OCH3 is 2. The van der Waals surface area contributed by atoms with E-state index in [0.29, 0.717) is 29.2 Å². The maximum absolute atomic E-state index is 16.0. The smallest absolute Gasteiger partial charge is 0.200 e. The van der Waals surface area contributed by atoms with Crippen LogP contribution >= 0.6 is 0 Å². The molecule has 2 aromatic rings. The minimum absolute atomic E-state index is 0. The number of piperidine rings is 1. The first-order chi connectivity index (χ1) is 14.4. The predicted molar refractivity (Wildman–Crippen MR) is 110 cm³/mol. The van der Waals surface area contributed by atoms with E-state index in [-0.39, 0.29) is 37.1 Å². The highest BCUT2D eigenvalue weighted by molar-refractivity contribution is 6.07. The fraction of sp³-hybridized carbons (Fsp3) is 0.458. The molecule has 2 aromatic carbocycles. The lowest BCUT2D eigenvalue weighted by Gasteiger charge is -2.38. The van der Waals surface area contributed by atoms with Gasteiger partial charge in [-0.15, -0.1) is 0 Å². The molecule has 0 amide bonds. The van der Waals surface area contributed by atoms with Gasteiger partial charge in [-0.25, -0.2) is 8.78 Å². The lowest BCUT2D eigenvalue weighted by atomic mass is 9.87. The summed E-state index contributed by atoms with van der Waals surface area (Å²) < 4.78 is 40.2. The van der Waals surface area contributed by atoms with E-state index in [4.69, 9.17) is 9.47 Å². The van der Waals surface area contributed by atoms with Crippen molar-refractivity contribution in [2.45, 2.75) is 50.4 Å². The van der Waals surface area contributed by atoms with Gasteiger partial charge in [-0.05, 0) is 54.8 Å². The molecule has 0 radical (unpaired) electrons. The summed E-state index contributed by atoms with van der Waals surface area (Å²) in [4.78, 5) is 15.2. The standard InChI is InChI=1S/C24H27F2NO3.ClH/c1-29-21-11-17-13-24(26,23(28)20(17)12-22(21)30-2)14-19-8-3-4-9-27(19)15-16-6-5-7-18(25)10-16;/h5-7,10-12,19H,3-4,8-9,13-15H2,1-2H3;1H/p-1. The molecule has 1 fully saturated rings. The van der Waals surface area contributed by atoms with Crippen LogP contribution in [0.5, 0.6) is 11.5 Å². The third-order valence-electron chi connectivity index (χ3n) is 6.31. The molecule has 0 aromatic heterocycles. The number of hydrogen-bond acceptors (Lipinski definition) is 4. The maximum Gasteiger partial charge on any atom is 0.200 e. The molecule has 4 rings (SSSR count). The number of halogens is 3. The molecule has 2 atom stereocenters. The molecule has 0 saturated carbocycles. The second kappa shape index (κ2) is 9.53. The van der Waals surface area contributed by atoms with Crippen molar-refractivity contribution in [2.75, 3.05) is 20.8 Å². The second-order valence-electron chi connectivity index (χ2n) is 8.29. The summed E-state index contributed by atoms with van der Waals surface area (Å²) in [5.41, 5.74) is -0.0392. The highest BCUT2D eigenvalue weighted by Gasteiger charge is 2.48. The molecule has 2 unspecified atom stereocenters. The molecule has 1 heterocycles. The maximum atomic E-state index is 16.0. The molecular weight excluding hydrogens is 424 g/mol. The zero-order valence-corrected chi connectivity index (χ0v) is 18.6. The molecule has 1 aliphatic heterocycles.